The lowest BCUT2D eigenvalue weighted by Crippen LogP contribution is -2.36. The molecule has 0 aliphatic carbocycles. The van der Waals surface area contributed by atoms with Crippen LogP contribution in [0.25, 0.3) is 0 Å². The van der Waals surface area contributed by atoms with Crippen LogP contribution in [0, 0.1) is 0 Å². The van der Waals surface area contributed by atoms with Gasteiger partial charge in [-0.25, -0.2) is 0 Å². The third kappa shape index (κ3) is 2.25. The summed E-state index contributed by atoms with van der Waals surface area (Å²) >= 11 is 0. The molecule has 88 valence electrons. The van der Waals surface area contributed by atoms with Crippen LogP contribution < -0.4 is 5.32 Å². The largest absolute Gasteiger partial charge is 0.395 e. The predicted octanol–water partition coefficient (Wildman–Crippen LogP) is -0.716. The minimum absolute atomic E-state index is 0.163. The van der Waals surface area contributed by atoms with E-state index in [0.717, 1.165) is 5.56 Å². The summed E-state index contributed by atoms with van der Waals surface area (Å²) in [5.74, 6) is 0. The van der Waals surface area contributed by atoms with Crippen LogP contribution in [-0.4, -0.2) is 46.2 Å². The zero-order valence-electron chi connectivity index (χ0n) is 8.95. The minimum atomic E-state index is -0.890. The van der Waals surface area contributed by atoms with E-state index < -0.39 is 18.2 Å². The number of benzene rings is 1. The van der Waals surface area contributed by atoms with E-state index in [0.29, 0.717) is 6.42 Å². The van der Waals surface area contributed by atoms with Gasteiger partial charge in [0, 0.05) is 6.04 Å². The van der Waals surface area contributed by atoms with E-state index in [1.54, 1.807) is 0 Å². The Kier molecular flexibility index (Phi) is 3.56. The molecule has 0 amide bonds. The van der Waals surface area contributed by atoms with E-state index in [-0.39, 0.29) is 12.6 Å². The van der Waals surface area contributed by atoms with Gasteiger partial charge in [-0.05, 0) is 12.0 Å². The van der Waals surface area contributed by atoms with Gasteiger partial charge in [-0.1, -0.05) is 30.3 Å². The Balaban J connectivity index is 2.01. The van der Waals surface area contributed by atoms with Crippen molar-refractivity contribution in [2.24, 2.45) is 0 Å². The molecule has 4 heteroatoms. The van der Waals surface area contributed by atoms with Crippen LogP contribution in [-0.2, 0) is 6.42 Å². The van der Waals surface area contributed by atoms with Crippen LogP contribution in [0.3, 0.4) is 0 Å². The van der Waals surface area contributed by atoms with Crippen LogP contribution in [0.4, 0.5) is 0 Å². The summed E-state index contributed by atoms with van der Waals surface area (Å²) in [6.07, 6.45) is -1.06. The third-order valence-corrected chi connectivity index (χ3v) is 3.10. The molecule has 0 radical (unpaired) electrons. The molecule has 1 saturated heterocycles. The van der Waals surface area contributed by atoms with Gasteiger partial charge in [0.2, 0.25) is 0 Å². The molecule has 0 unspecified atom stereocenters. The van der Waals surface area contributed by atoms with Gasteiger partial charge in [-0.15, -0.1) is 0 Å². The summed E-state index contributed by atoms with van der Waals surface area (Å²) in [4.78, 5) is 0. The molecule has 4 atom stereocenters. The van der Waals surface area contributed by atoms with Gasteiger partial charge in [-0.2, -0.15) is 0 Å². The van der Waals surface area contributed by atoms with E-state index in [9.17, 15) is 10.2 Å². The first-order valence-corrected chi connectivity index (χ1v) is 5.49. The van der Waals surface area contributed by atoms with Crippen molar-refractivity contribution in [1.29, 1.82) is 0 Å². The minimum Gasteiger partial charge on any atom is -0.395 e. The molecule has 1 aliphatic heterocycles. The molecule has 0 saturated carbocycles. The fraction of sp³-hybridized carbons (Fsp3) is 0.500. The van der Waals surface area contributed by atoms with Crippen molar-refractivity contribution in [2.75, 3.05) is 6.61 Å². The number of rotatable bonds is 3. The Bertz CT molecular complexity index is 330. The van der Waals surface area contributed by atoms with Crippen LogP contribution in [0.15, 0.2) is 30.3 Å². The summed E-state index contributed by atoms with van der Waals surface area (Å²) < 4.78 is 0. The van der Waals surface area contributed by atoms with Crippen molar-refractivity contribution in [3.05, 3.63) is 35.9 Å². The molecule has 1 aliphatic rings. The quantitative estimate of drug-likeness (QED) is 0.546. The third-order valence-electron chi connectivity index (χ3n) is 3.10. The maximum absolute atomic E-state index is 9.80. The summed E-state index contributed by atoms with van der Waals surface area (Å²) in [5, 5.41) is 31.5. The van der Waals surface area contributed by atoms with Crippen molar-refractivity contribution in [3.8, 4) is 0 Å². The molecule has 0 aromatic heterocycles. The zero-order valence-corrected chi connectivity index (χ0v) is 8.95. The van der Waals surface area contributed by atoms with Crippen LogP contribution in [0.5, 0.6) is 0 Å². The lowest BCUT2D eigenvalue weighted by molar-refractivity contribution is 0.0197. The van der Waals surface area contributed by atoms with Crippen LogP contribution in [0.2, 0.25) is 0 Å². The van der Waals surface area contributed by atoms with Gasteiger partial charge in [0.25, 0.3) is 0 Å². The highest BCUT2D eigenvalue weighted by atomic mass is 16.3. The lowest BCUT2D eigenvalue weighted by atomic mass is 10.0. The highest BCUT2D eigenvalue weighted by molar-refractivity contribution is 5.17. The topological polar surface area (TPSA) is 72.7 Å². The summed E-state index contributed by atoms with van der Waals surface area (Å²) in [7, 11) is 0. The fourth-order valence-corrected chi connectivity index (χ4v) is 2.16. The Morgan fingerprint density at radius 3 is 2.19 bits per heavy atom. The van der Waals surface area contributed by atoms with Gasteiger partial charge < -0.3 is 20.6 Å². The van der Waals surface area contributed by atoms with E-state index in [1.165, 1.54) is 0 Å². The number of hydrogen-bond donors (Lipinski definition) is 4. The van der Waals surface area contributed by atoms with Crippen molar-refractivity contribution >= 4 is 0 Å². The van der Waals surface area contributed by atoms with E-state index in [2.05, 4.69) is 5.32 Å². The molecule has 1 aromatic carbocycles. The van der Waals surface area contributed by atoms with Crippen molar-refractivity contribution in [2.45, 2.75) is 30.7 Å². The Hall–Kier alpha value is -0.940. The maximum atomic E-state index is 9.80. The Morgan fingerprint density at radius 2 is 1.62 bits per heavy atom. The summed E-state index contributed by atoms with van der Waals surface area (Å²) in [6.45, 7) is -0.163. The van der Waals surface area contributed by atoms with E-state index in [1.807, 2.05) is 30.3 Å². The highest BCUT2D eigenvalue weighted by Crippen LogP contribution is 2.17. The zero-order chi connectivity index (χ0) is 11.5. The second kappa shape index (κ2) is 4.93. The number of aliphatic hydroxyl groups excluding tert-OH is 3. The SMILES string of the molecule is OC[C@@H]1N[C@@H](Cc2ccccc2)[C@@H](O)[C@@H]1O. The standard InChI is InChI=1S/C12H17NO3/c14-7-10-12(16)11(15)9(13-10)6-8-4-2-1-3-5-8/h1-5,9-16H,6-7H2/t9-,10-,11+,12+/m0/s1. The highest BCUT2D eigenvalue weighted by Gasteiger charge is 2.40. The molecule has 1 heterocycles. The number of nitrogens with one attached hydrogen (secondary N) is 1. The molecule has 16 heavy (non-hydrogen) atoms. The first kappa shape index (κ1) is 11.5. The number of hydrogen-bond acceptors (Lipinski definition) is 4. The lowest BCUT2D eigenvalue weighted by Gasteiger charge is -2.15. The predicted molar refractivity (Wildman–Crippen MR) is 60.0 cm³/mol. The first-order valence-electron chi connectivity index (χ1n) is 5.49. The molecule has 0 spiro atoms. The molecular formula is C12H17NO3. The maximum Gasteiger partial charge on any atom is 0.0989 e. The van der Waals surface area contributed by atoms with Crippen molar-refractivity contribution in [1.82, 2.24) is 5.32 Å². The molecule has 0 bridgehead atoms. The number of aliphatic hydroxyl groups is 3. The van der Waals surface area contributed by atoms with Gasteiger partial charge in [0.15, 0.2) is 0 Å². The smallest absolute Gasteiger partial charge is 0.0989 e. The molecule has 1 aromatic rings. The molecular weight excluding hydrogens is 206 g/mol. The van der Waals surface area contributed by atoms with E-state index in [4.69, 9.17) is 5.11 Å². The summed E-state index contributed by atoms with van der Waals surface area (Å²) in [6, 6.07) is 9.15. The fourth-order valence-electron chi connectivity index (χ4n) is 2.16. The molecule has 1 fully saturated rings. The monoisotopic (exact) mass is 223 g/mol. The van der Waals surface area contributed by atoms with Gasteiger partial charge >= 0.3 is 0 Å². The van der Waals surface area contributed by atoms with Crippen molar-refractivity contribution in [3.63, 3.8) is 0 Å². The Labute approximate surface area is 94.5 Å². The average molecular weight is 223 g/mol. The Morgan fingerprint density at radius 1 is 1.00 bits per heavy atom. The molecule has 2 rings (SSSR count). The summed E-state index contributed by atoms with van der Waals surface area (Å²) in [5.41, 5.74) is 1.10. The van der Waals surface area contributed by atoms with Crippen LogP contribution in [0.1, 0.15) is 5.56 Å². The van der Waals surface area contributed by atoms with Crippen molar-refractivity contribution < 1.29 is 15.3 Å². The first-order chi connectivity index (χ1) is 7.72. The molecule has 4 N–H and O–H groups in total. The van der Waals surface area contributed by atoms with Gasteiger partial charge in [0.05, 0.1) is 24.9 Å². The molecule has 4 nitrogen and oxygen atoms in total. The van der Waals surface area contributed by atoms with Crippen LogP contribution >= 0.6 is 0 Å². The van der Waals surface area contributed by atoms with E-state index >= 15 is 0 Å². The normalized spacial score (nSPS) is 34.2. The second-order valence-electron chi connectivity index (χ2n) is 4.23. The average Bonchev–Trinajstić information content (AvgIpc) is 2.58. The van der Waals surface area contributed by atoms with Gasteiger partial charge in [-0.3, -0.25) is 0 Å². The second-order valence-corrected chi connectivity index (χ2v) is 4.23. The van der Waals surface area contributed by atoms with Gasteiger partial charge in [0.1, 0.15) is 0 Å².